The molecule has 2 aromatic rings. The summed E-state index contributed by atoms with van der Waals surface area (Å²) in [5.74, 6) is 0. The monoisotopic (exact) mass is 291 g/mol. The van der Waals surface area contributed by atoms with Gasteiger partial charge < -0.3 is 14.6 Å². The molecule has 3 rings (SSSR count). The third kappa shape index (κ3) is 3.12. The molecular formula is C15H17NO3S. The number of rotatable bonds is 5. The van der Waals surface area contributed by atoms with Crippen molar-refractivity contribution >= 4 is 22.7 Å². The number of pyridine rings is 1. The molecule has 5 heteroatoms. The predicted molar refractivity (Wildman–Crippen MR) is 78.8 cm³/mol. The fourth-order valence-electron chi connectivity index (χ4n) is 2.36. The lowest BCUT2D eigenvalue weighted by molar-refractivity contribution is -0.0467. The van der Waals surface area contributed by atoms with Crippen molar-refractivity contribution in [2.75, 3.05) is 20.0 Å². The zero-order valence-electron chi connectivity index (χ0n) is 11.1. The molecule has 0 bridgehead atoms. The van der Waals surface area contributed by atoms with Crippen molar-refractivity contribution in [2.45, 2.75) is 22.8 Å². The molecule has 0 amide bonds. The highest BCUT2D eigenvalue weighted by atomic mass is 32.2. The van der Waals surface area contributed by atoms with Crippen molar-refractivity contribution in [2.24, 2.45) is 0 Å². The Labute approximate surface area is 122 Å². The van der Waals surface area contributed by atoms with Crippen molar-refractivity contribution in [1.29, 1.82) is 0 Å². The maximum absolute atomic E-state index is 8.72. The molecular weight excluding hydrogens is 274 g/mol. The molecule has 0 radical (unpaired) electrons. The van der Waals surface area contributed by atoms with Crippen LogP contribution in [0.4, 0.5) is 0 Å². The van der Waals surface area contributed by atoms with Crippen molar-refractivity contribution in [3.05, 3.63) is 36.4 Å². The van der Waals surface area contributed by atoms with E-state index in [1.54, 1.807) is 11.8 Å². The molecule has 1 saturated heterocycles. The Morgan fingerprint density at radius 1 is 1.30 bits per heavy atom. The summed E-state index contributed by atoms with van der Waals surface area (Å²) in [5, 5.41) is 11.2. The fraction of sp³-hybridized carbons (Fsp3) is 0.400. The Kier molecular flexibility index (Phi) is 4.52. The molecule has 2 atom stereocenters. The second kappa shape index (κ2) is 6.54. The molecule has 106 valence electrons. The van der Waals surface area contributed by atoms with E-state index in [2.05, 4.69) is 23.2 Å². The first-order valence-electron chi connectivity index (χ1n) is 6.69. The highest BCUT2D eigenvalue weighted by Gasteiger charge is 2.29. The number of ether oxygens (including phenoxy) is 2. The maximum Gasteiger partial charge on any atom is 0.143 e. The number of thioether (sulfide) groups is 1. The lowest BCUT2D eigenvalue weighted by Crippen LogP contribution is -2.24. The van der Waals surface area contributed by atoms with Gasteiger partial charge in [0.15, 0.2) is 0 Å². The van der Waals surface area contributed by atoms with Crippen LogP contribution in [0.3, 0.4) is 0 Å². The first kappa shape index (κ1) is 13.8. The summed E-state index contributed by atoms with van der Waals surface area (Å²) in [6.07, 6.45) is 1.01. The van der Waals surface area contributed by atoms with E-state index in [1.165, 1.54) is 0 Å². The topological polar surface area (TPSA) is 51.6 Å². The third-order valence-electron chi connectivity index (χ3n) is 3.37. The minimum atomic E-state index is -0.258. The van der Waals surface area contributed by atoms with Gasteiger partial charge in [-0.3, -0.25) is 0 Å². The molecule has 4 nitrogen and oxygen atoms in total. The zero-order chi connectivity index (χ0) is 13.8. The summed E-state index contributed by atoms with van der Waals surface area (Å²) in [7, 11) is 0. The van der Waals surface area contributed by atoms with Gasteiger partial charge in [-0.1, -0.05) is 24.3 Å². The Bertz CT molecular complexity index is 578. The number of hydrogen-bond acceptors (Lipinski definition) is 5. The molecule has 2 heterocycles. The first-order chi connectivity index (χ1) is 9.86. The lowest BCUT2D eigenvalue weighted by Gasteiger charge is -2.17. The number of nitrogens with zero attached hydrogens (tertiary/aromatic N) is 1. The average molecular weight is 291 g/mol. The van der Waals surface area contributed by atoms with E-state index in [1.807, 2.05) is 18.2 Å². The molecule has 2 unspecified atom stereocenters. The van der Waals surface area contributed by atoms with Crippen LogP contribution < -0.4 is 0 Å². The Balaban J connectivity index is 1.71. The van der Waals surface area contributed by atoms with Crippen molar-refractivity contribution in [3.8, 4) is 0 Å². The van der Waals surface area contributed by atoms with Crippen LogP contribution in [0.1, 0.15) is 6.42 Å². The van der Waals surface area contributed by atoms with Crippen LogP contribution in [-0.2, 0) is 9.47 Å². The normalized spacial score (nSPS) is 22.4. The van der Waals surface area contributed by atoms with E-state index in [4.69, 9.17) is 14.6 Å². The SMILES string of the molecule is OCOCC1OCCC1Sc1ccc2ccccc2n1. The van der Waals surface area contributed by atoms with Gasteiger partial charge >= 0.3 is 0 Å². The molecule has 0 saturated carbocycles. The lowest BCUT2D eigenvalue weighted by atomic mass is 10.2. The first-order valence-corrected chi connectivity index (χ1v) is 7.57. The smallest absolute Gasteiger partial charge is 0.143 e. The summed E-state index contributed by atoms with van der Waals surface area (Å²) < 4.78 is 10.7. The largest absolute Gasteiger partial charge is 0.375 e. The van der Waals surface area contributed by atoms with Gasteiger partial charge in [0.2, 0.25) is 0 Å². The molecule has 0 spiro atoms. The van der Waals surface area contributed by atoms with Gasteiger partial charge in [0, 0.05) is 17.2 Å². The van der Waals surface area contributed by atoms with E-state index < -0.39 is 0 Å². The zero-order valence-corrected chi connectivity index (χ0v) is 11.9. The Morgan fingerprint density at radius 3 is 3.10 bits per heavy atom. The molecule has 1 aliphatic rings. The van der Waals surface area contributed by atoms with Gasteiger partial charge in [0.25, 0.3) is 0 Å². The fourth-order valence-corrected chi connectivity index (χ4v) is 3.49. The average Bonchev–Trinajstić information content (AvgIpc) is 2.92. The Hall–Kier alpha value is -1.14. The van der Waals surface area contributed by atoms with Crippen molar-refractivity contribution < 1.29 is 14.6 Å². The van der Waals surface area contributed by atoms with Gasteiger partial charge in [0.05, 0.1) is 23.3 Å². The standard InChI is InChI=1S/C15H17NO3S/c17-10-18-9-13-14(7-8-19-13)20-15-6-5-11-3-1-2-4-12(11)16-15/h1-6,13-14,17H,7-10H2. The predicted octanol–water partition coefficient (Wildman–Crippen LogP) is 2.45. The number of aliphatic hydroxyl groups excluding tert-OH is 1. The molecule has 0 aliphatic carbocycles. The number of aromatic nitrogens is 1. The van der Waals surface area contributed by atoms with Gasteiger partial charge in [-0.25, -0.2) is 4.98 Å². The minimum absolute atomic E-state index is 0.0282. The molecule has 1 fully saturated rings. The van der Waals surface area contributed by atoms with Gasteiger partial charge in [-0.05, 0) is 18.6 Å². The number of fused-ring (bicyclic) bond motifs is 1. The van der Waals surface area contributed by atoms with Crippen molar-refractivity contribution in [1.82, 2.24) is 4.98 Å². The van der Waals surface area contributed by atoms with Gasteiger partial charge in [-0.15, -0.1) is 11.8 Å². The van der Waals surface area contributed by atoms with Crippen LogP contribution in [0.2, 0.25) is 0 Å². The van der Waals surface area contributed by atoms with Gasteiger partial charge in [0.1, 0.15) is 6.79 Å². The van der Waals surface area contributed by atoms with Crippen LogP contribution in [0.15, 0.2) is 41.4 Å². The van der Waals surface area contributed by atoms with E-state index in [0.29, 0.717) is 11.9 Å². The summed E-state index contributed by atoms with van der Waals surface area (Å²) in [4.78, 5) is 4.67. The minimum Gasteiger partial charge on any atom is -0.375 e. The molecule has 1 N–H and O–H groups in total. The van der Waals surface area contributed by atoms with E-state index in [0.717, 1.165) is 29.0 Å². The number of aliphatic hydroxyl groups is 1. The molecule has 1 aromatic carbocycles. The van der Waals surface area contributed by atoms with Crippen LogP contribution in [0.5, 0.6) is 0 Å². The quantitative estimate of drug-likeness (QED) is 0.858. The van der Waals surface area contributed by atoms with E-state index in [-0.39, 0.29) is 12.9 Å². The maximum atomic E-state index is 8.72. The summed E-state index contributed by atoms with van der Waals surface area (Å²) in [6.45, 7) is 0.915. The van der Waals surface area contributed by atoms with Crippen LogP contribution >= 0.6 is 11.8 Å². The highest BCUT2D eigenvalue weighted by molar-refractivity contribution is 7.99. The number of benzene rings is 1. The summed E-state index contributed by atoms with van der Waals surface area (Å²) in [5.41, 5.74) is 1.01. The van der Waals surface area contributed by atoms with Gasteiger partial charge in [-0.2, -0.15) is 0 Å². The number of para-hydroxylation sites is 1. The molecule has 1 aliphatic heterocycles. The second-order valence-corrected chi connectivity index (χ2v) is 5.96. The molecule has 20 heavy (non-hydrogen) atoms. The van der Waals surface area contributed by atoms with Crippen molar-refractivity contribution in [3.63, 3.8) is 0 Å². The number of hydrogen-bond donors (Lipinski definition) is 1. The summed E-state index contributed by atoms with van der Waals surface area (Å²) in [6, 6.07) is 12.3. The summed E-state index contributed by atoms with van der Waals surface area (Å²) >= 11 is 1.73. The van der Waals surface area contributed by atoms with Crippen LogP contribution in [-0.4, -0.2) is 41.5 Å². The van der Waals surface area contributed by atoms with E-state index >= 15 is 0 Å². The Morgan fingerprint density at radius 2 is 2.20 bits per heavy atom. The second-order valence-electron chi connectivity index (χ2n) is 4.70. The van der Waals surface area contributed by atoms with Crippen LogP contribution in [0, 0.1) is 0 Å². The third-order valence-corrected chi connectivity index (χ3v) is 4.68. The highest BCUT2D eigenvalue weighted by Crippen LogP contribution is 2.32. The van der Waals surface area contributed by atoms with Crippen LogP contribution in [0.25, 0.3) is 10.9 Å². The van der Waals surface area contributed by atoms with E-state index in [9.17, 15) is 0 Å². The molecule has 1 aromatic heterocycles.